The van der Waals surface area contributed by atoms with Crippen molar-refractivity contribution in [3.8, 4) is 0 Å². The van der Waals surface area contributed by atoms with E-state index in [4.69, 9.17) is 11.5 Å². The third-order valence-electron chi connectivity index (χ3n) is 3.11. The molecule has 0 spiro atoms. The molecule has 0 atom stereocenters. The Morgan fingerprint density at radius 3 is 2.38 bits per heavy atom. The fraction of sp³-hybridized carbons (Fsp3) is 0.615. The van der Waals surface area contributed by atoms with Crippen LogP contribution in [0.1, 0.15) is 33.6 Å². The molecule has 8 heteroatoms. The molecule has 0 aliphatic heterocycles. The molecule has 0 radical (unpaired) electrons. The van der Waals surface area contributed by atoms with Crippen LogP contribution >= 0.6 is 0 Å². The smallest absolute Gasteiger partial charge is 0.332 e. The summed E-state index contributed by atoms with van der Waals surface area (Å²) < 4.78 is 2.33. The molecule has 0 aliphatic rings. The van der Waals surface area contributed by atoms with Crippen LogP contribution in [0.4, 0.5) is 11.5 Å². The summed E-state index contributed by atoms with van der Waals surface area (Å²) in [6.45, 7) is 5.77. The third-order valence-corrected chi connectivity index (χ3v) is 3.11. The number of nitrogen functional groups attached to an aromatic ring is 1. The average molecular weight is 297 g/mol. The highest BCUT2D eigenvalue weighted by Crippen LogP contribution is 2.19. The van der Waals surface area contributed by atoms with Crippen LogP contribution in [0.15, 0.2) is 9.59 Å². The van der Waals surface area contributed by atoms with Gasteiger partial charge < -0.3 is 16.8 Å². The SMILES string of the molecule is CCCn1c(N)c(NC(C)(C)CC(N)=O)c(=O)n(C)c1=O. The molecule has 8 nitrogen and oxygen atoms in total. The van der Waals surface area contributed by atoms with E-state index in [1.165, 1.54) is 11.6 Å². The summed E-state index contributed by atoms with van der Waals surface area (Å²) in [4.78, 5) is 35.3. The highest BCUT2D eigenvalue weighted by Gasteiger charge is 2.25. The van der Waals surface area contributed by atoms with Gasteiger partial charge in [-0.3, -0.25) is 18.7 Å². The minimum atomic E-state index is -0.749. The monoisotopic (exact) mass is 297 g/mol. The van der Waals surface area contributed by atoms with Gasteiger partial charge in [0.1, 0.15) is 11.5 Å². The number of hydrogen-bond acceptors (Lipinski definition) is 5. The highest BCUT2D eigenvalue weighted by molar-refractivity contribution is 5.76. The van der Waals surface area contributed by atoms with E-state index in [1.54, 1.807) is 13.8 Å². The first kappa shape index (κ1) is 16.8. The maximum absolute atomic E-state index is 12.2. The lowest BCUT2D eigenvalue weighted by Crippen LogP contribution is -2.44. The Kier molecular flexibility index (Phi) is 4.82. The molecule has 0 saturated carbocycles. The third kappa shape index (κ3) is 3.65. The van der Waals surface area contributed by atoms with Gasteiger partial charge in [-0.1, -0.05) is 6.92 Å². The Hall–Kier alpha value is -2.25. The lowest BCUT2D eigenvalue weighted by atomic mass is 10.00. The summed E-state index contributed by atoms with van der Waals surface area (Å²) in [5.41, 5.74) is 9.51. The zero-order valence-electron chi connectivity index (χ0n) is 12.9. The average Bonchev–Trinajstić information content (AvgIpc) is 2.36. The Morgan fingerprint density at radius 1 is 1.33 bits per heavy atom. The number of rotatable bonds is 6. The van der Waals surface area contributed by atoms with Crippen LogP contribution in [0.25, 0.3) is 0 Å². The Balaban J connectivity index is 3.40. The molecule has 1 aromatic heterocycles. The number of amides is 1. The largest absolute Gasteiger partial charge is 0.383 e. The minimum absolute atomic E-state index is 0.0303. The first-order chi connectivity index (χ1) is 9.60. The highest BCUT2D eigenvalue weighted by atomic mass is 16.2. The predicted octanol–water partition coefficient (Wildman–Crippen LogP) is -0.395. The molecule has 0 fully saturated rings. The first-order valence-corrected chi connectivity index (χ1v) is 6.76. The van der Waals surface area contributed by atoms with Gasteiger partial charge in [0, 0.05) is 25.6 Å². The zero-order chi connectivity index (χ0) is 16.4. The predicted molar refractivity (Wildman–Crippen MR) is 82.2 cm³/mol. The molecule has 1 aromatic rings. The Labute approximate surface area is 122 Å². The second kappa shape index (κ2) is 6.02. The van der Waals surface area contributed by atoms with Gasteiger partial charge in [-0.15, -0.1) is 0 Å². The van der Waals surface area contributed by atoms with Crippen molar-refractivity contribution in [2.45, 2.75) is 45.7 Å². The van der Waals surface area contributed by atoms with Crippen LogP contribution in [-0.4, -0.2) is 20.6 Å². The van der Waals surface area contributed by atoms with Crippen molar-refractivity contribution in [2.75, 3.05) is 11.1 Å². The van der Waals surface area contributed by atoms with Gasteiger partial charge in [0.2, 0.25) is 5.91 Å². The van der Waals surface area contributed by atoms with Crippen LogP contribution in [0, 0.1) is 0 Å². The summed E-state index contributed by atoms with van der Waals surface area (Å²) >= 11 is 0. The number of nitrogens with zero attached hydrogens (tertiary/aromatic N) is 2. The van der Waals surface area contributed by atoms with Crippen molar-refractivity contribution in [1.82, 2.24) is 9.13 Å². The standard InChI is InChI=1S/C13H23N5O3/c1-5-6-18-10(15)9(11(20)17(4)12(18)21)16-13(2,3)7-8(14)19/h16H,5-7,15H2,1-4H3,(H2,14,19). The second-order valence-corrected chi connectivity index (χ2v) is 5.71. The summed E-state index contributed by atoms with van der Waals surface area (Å²) in [6, 6.07) is 0. The molecule has 1 amide bonds. The molecule has 21 heavy (non-hydrogen) atoms. The molecule has 1 heterocycles. The van der Waals surface area contributed by atoms with E-state index in [0.29, 0.717) is 13.0 Å². The zero-order valence-corrected chi connectivity index (χ0v) is 12.9. The molecule has 0 unspecified atom stereocenters. The molecular formula is C13H23N5O3. The van der Waals surface area contributed by atoms with Crippen molar-refractivity contribution in [3.05, 3.63) is 20.8 Å². The van der Waals surface area contributed by atoms with Crippen molar-refractivity contribution < 1.29 is 4.79 Å². The summed E-state index contributed by atoms with van der Waals surface area (Å²) in [5, 5.41) is 2.93. The van der Waals surface area contributed by atoms with E-state index in [1.807, 2.05) is 6.92 Å². The molecule has 1 rings (SSSR count). The van der Waals surface area contributed by atoms with Gasteiger partial charge in [0.15, 0.2) is 0 Å². The lowest BCUT2D eigenvalue weighted by molar-refractivity contribution is -0.118. The Bertz CT molecular complexity index is 657. The molecule has 0 saturated heterocycles. The van der Waals surface area contributed by atoms with E-state index >= 15 is 0 Å². The molecule has 0 aliphatic carbocycles. The normalized spacial score (nSPS) is 11.4. The number of nitrogens with two attached hydrogens (primary N) is 2. The second-order valence-electron chi connectivity index (χ2n) is 5.71. The Morgan fingerprint density at radius 2 is 1.90 bits per heavy atom. The van der Waals surface area contributed by atoms with Gasteiger partial charge in [-0.05, 0) is 20.3 Å². The quantitative estimate of drug-likeness (QED) is 0.659. The van der Waals surface area contributed by atoms with Crippen LogP contribution in [0.2, 0.25) is 0 Å². The maximum Gasteiger partial charge on any atom is 0.332 e. The van der Waals surface area contributed by atoms with E-state index in [0.717, 1.165) is 4.57 Å². The van der Waals surface area contributed by atoms with E-state index < -0.39 is 22.7 Å². The van der Waals surface area contributed by atoms with Gasteiger partial charge in [0.25, 0.3) is 5.56 Å². The summed E-state index contributed by atoms with van der Waals surface area (Å²) in [5.74, 6) is -0.424. The fourth-order valence-corrected chi connectivity index (χ4v) is 2.16. The number of carbonyl (C=O) groups excluding carboxylic acids is 1. The summed E-state index contributed by atoms with van der Waals surface area (Å²) in [7, 11) is 1.39. The van der Waals surface area contributed by atoms with Crippen LogP contribution < -0.4 is 28.0 Å². The molecule has 0 bridgehead atoms. The number of anilines is 2. The van der Waals surface area contributed by atoms with Crippen LogP contribution in [0.3, 0.4) is 0 Å². The van der Waals surface area contributed by atoms with Gasteiger partial charge in [0.05, 0.1) is 0 Å². The maximum atomic E-state index is 12.2. The van der Waals surface area contributed by atoms with Gasteiger partial charge in [-0.25, -0.2) is 4.79 Å². The topological polar surface area (TPSA) is 125 Å². The number of carbonyl (C=O) groups is 1. The van der Waals surface area contributed by atoms with E-state index in [9.17, 15) is 14.4 Å². The fourth-order valence-electron chi connectivity index (χ4n) is 2.16. The number of primary amides is 1. The van der Waals surface area contributed by atoms with Crippen molar-refractivity contribution in [3.63, 3.8) is 0 Å². The van der Waals surface area contributed by atoms with Gasteiger partial charge in [-0.2, -0.15) is 0 Å². The van der Waals surface area contributed by atoms with E-state index in [2.05, 4.69) is 5.32 Å². The van der Waals surface area contributed by atoms with E-state index in [-0.39, 0.29) is 17.9 Å². The van der Waals surface area contributed by atoms with Crippen molar-refractivity contribution in [1.29, 1.82) is 0 Å². The number of nitrogens with one attached hydrogen (secondary N) is 1. The minimum Gasteiger partial charge on any atom is -0.383 e. The molecule has 118 valence electrons. The van der Waals surface area contributed by atoms with Crippen molar-refractivity contribution >= 4 is 17.4 Å². The first-order valence-electron chi connectivity index (χ1n) is 6.76. The lowest BCUT2D eigenvalue weighted by Gasteiger charge is -2.27. The molecule has 5 N–H and O–H groups in total. The number of aromatic nitrogens is 2. The van der Waals surface area contributed by atoms with Gasteiger partial charge >= 0.3 is 5.69 Å². The van der Waals surface area contributed by atoms with Crippen LogP contribution in [-0.2, 0) is 18.4 Å². The summed E-state index contributed by atoms with van der Waals surface area (Å²) in [6.07, 6.45) is 0.731. The van der Waals surface area contributed by atoms with Crippen molar-refractivity contribution in [2.24, 2.45) is 12.8 Å². The molecule has 0 aromatic carbocycles. The molecular weight excluding hydrogens is 274 g/mol. The van der Waals surface area contributed by atoms with Crippen LogP contribution in [0.5, 0.6) is 0 Å². The number of hydrogen-bond donors (Lipinski definition) is 3.